The van der Waals surface area contributed by atoms with Crippen molar-refractivity contribution in [2.75, 3.05) is 13.2 Å². The highest BCUT2D eigenvalue weighted by Crippen LogP contribution is 2.18. The molecule has 1 aromatic heterocycles. The molecule has 0 unspecified atom stereocenters. The van der Waals surface area contributed by atoms with Crippen molar-refractivity contribution in [1.29, 1.82) is 0 Å². The molecule has 0 atom stereocenters. The van der Waals surface area contributed by atoms with Crippen LogP contribution in [0, 0.1) is 6.92 Å². The fourth-order valence-electron chi connectivity index (χ4n) is 1.48. The van der Waals surface area contributed by atoms with Crippen LogP contribution in [0.25, 0.3) is 0 Å². The second-order valence-corrected chi connectivity index (χ2v) is 4.04. The van der Waals surface area contributed by atoms with Crippen LogP contribution in [-0.4, -0.2) is 18.1 Å². The molecule has 94 valence electrons. The maximum absolute atomic E-state index is 5.74. The van der Waals surface area contributed by atoms with E-state index >= 15 is 0 Å². The number of hydrogen-bond acceptors (Lipinski definition) is 3. The highest BCUT2D eigenvalue weighted by Gasteiger charge is 2.04. The van der Waals surface area contributed by atoms with Gasteiger partial charge in [0.05, 0.1) is 6.61 Å². The van der Waals surface area contributed by atoms with Gasteiger partial charge in [0.1, 0.15) is 5.75 Å². The zero-order chi connectivity index (χ0) is 12.5. The van der Waals surface area contributed by atoms with Gasteiger partial charge in [-0.15, -0.1) is 6.58 Å². The summed E-state index contributed by atoms with van der Waals surface area (Å²) < 4.78 is 5.74. The Morgan fingerprint density at radius 3 is 3.06 bits per heavy atom. The van der Waals surface area contributed by atoms with E-state index in [4.69, 9.17) is 4.74 Å². The Hall–Kier alpha value is -1.35. The van der Waals surface area contributed by atoms with Gasteiger partial charge in [0.15, 0.2) is 0 Å². The van der Waals surface area contributed by atoms with Crippen LogP contribution < -0.4 is 10.1 Å². The molecule has 0 bridgehead atoms. The molecule has 3 nitrogen and oxygen atoms in total. The van der Waals surface area contributed by atoms with Crippen molar-refractivity contribution < 1.29 is 4.74 Å². The van der Waals surface area contributed by atoms with Gasteiger partial charge >= 0.3 is 0 Å². The van der Waals surface area contributed by atoms with Crippen LogP contribution in [0.3, 0.4) is 0 Å². The highest BCUT2D eigenvalue weighted by molar-refractivity contribution is 5.32. The summed E-state index contributed by atoms with van der Waals surface area (Å²) in [5.41, 5.74) is 2.10. The molecule has 3 heteroatoms. The average molecular weight is 234 g/mol. The van der Waals surface area contributed by atoms with Crippen molar-refractivity contribution in [3.05, 3.63) is 36.2 Å². The number of hydrogen-bond donors (Lipinski definition) is 1. The molecule has 0 radical (unpaired) electrons. The molecule has 0 aromatic carbocycles. The number of nitrogens with zero attached hydrogens (tertiary/aromatic N) is 1. The SMILES string of the molecule is C=CCCOc1cc(C)ncc1CNCCC. The maximum Gasteiger partial charge on any atom is 0.127 e. The molecule has 1 N–H and O–H groups in total. The van der Waals surface area contributed by atoms with Gasteiger partial charge < -0.3 is 10.1 Å². The number of nitrogens with one attached hydrogen (secondary N) is 1. The molecule has 0 fully saturated rings. The lowest BCUT2D eigenvalue weighted by Crippen LogP contribution is -2.15. The van der Waals surface area contributed by atoms with E-state index in [1.807, 2.05) is 25.3 Å². The summed E-state index contributed by atoms with van der Waals surface area (Å²) in [5.74, 6) is 0.933. The van der Waals surface area contributed by atoms with Crippen molar-refractivity contribution in [3.8, 4) is 5.75 Å². The van der Waals surface area contributed by atoms with Crippen molar-refractivity contribution >= 4 is 0 Å². The van der Waals surface area contributed by atoms with Crippen LogP contribution in [0.1, 0.15) is 31.0 Å². The molecule has 0 saturated carbocycles. The molecule has 0 aliphatic rings. The van der Waals surface area contributed by atoms with E-state index in [1.54, 1.807) is 0 Å². The fraction of sp³-hybridized carbons (Fsp3) is 0.500. The van der Waals surface area contributed by atoms with Gasteiger partial charge in [-0.1, -0.05) is 13.0 Å². The van der Waals surface area contributed by atoms with Crippen molar-refractivity contribution in [2.24, 2.45) is 0 Å². The largest absolute Gasteiger partial charge is 0.493 e. The van der Waals surface area contributed by atoms with E-state index < -0.39 is 0 Å². The van der Waals surface area contributed by atoms with Crippen LogP contribution in [0.15, 0.2) is 24.9 Å². The van der Waals surface area contributed by atoms with Crippen LogP contribution in [0.2, 0.25) is 0 Å². The number of aromatic nitrogens is 1. The lowest BCUT2D eigenvalue weighted by atomic mass is 10.2. The number of ether oxygens (including phenoxy) is 1. The quantitative estimate of drug-likeness (QED) is 0.555. The first-order valence-corrected chi connectivity index (χ1v) is 6.17. The number of rotatable bonds is 8. The first-order chi connectivity index (χ1) is 8.27. The summed E-state index contributed by atoms with van der Waals surface area (Å²) >= 11 is 0. The Kier molecular flexibility index (Phi) is 6.33. The Balaban J connectivity index is 2.62. The Morgan fingerprint density at radius 2 is 2.35 bits per heavy atom. The summed E-state index contributed by atoms with van der Waals surface area (Å²) in [6.45, 7) is 10.3. The number of aryl methyl sites for hydroxylation is 1. The molecule has 0 saturated heterocycles. The second-order valence-electron chi connectivity index (χ2n) is 4.04. The third-order valence-electron chi connectivity index (χ3n) is 2.40. The topological polar surface area (TPSA) is 34.1 Å². The minimum atomic E-state index is 0.674. The first kappa shape index (κ1) is 13.7. The van der Waals surface area contributed by atoms with Crippen LogP contribution in [0.4, 0.5) is 0 Å². The maximum atomic E-state index is 5.74. The van der Waals surface area contributed by atoms with Crippen molar-refractivity contribution in [1.82, 2.24) is 10.3 Å². The summed E-state index contributed by atoms with van der Waals surface area (Å²) in [4.78, 5) is 4.31. The van der Waals surface area contributed by atoms with Gasteiger partial charge in [-0.2, -0.15) is 0 Å². The van der Waals surface area contributed by atoms with Crippen LogP contribution in [0.5, 0.6) is 5.75 Å². The van der Waals surface area contributed by atoms with E-state index in [9.17, 15) is 0 Å². The van der Waals surface area contributed by atoms with Gasteiger partial charge in [0.25, 0.3) is 0 Å². The zero-order valence-corrected chi connectivity index (χ0v) is 10.8. The van der Waals surface area contributed by atoms with Gasteiger partial charge in [-0.25, -0.2) is 0 Å². The number of pyridine rings is 1. The summed E-state index contributed by atoms with van der Waals surface area (Å²) in [5, 5.41) is 3.36. The first-order valence-electron chi connectivity index (χ1n) is 6.17. The molecule has 0 aliphatic carbocycles. The smallest absolute Gasteiger partial charge is 0.127 e. The van der Waals surface area contributed by atoms with E-state index in [0.717, 1.165) is 42.9 Å². The third kappa shape index (κ3) is 5.00. The minimum absolute atomic E-state index is 0.674. The molecular formula is C14H22N2O. The monoisotopic (exact) mass is 234 g/mol. The van der Waals surface area contributed by atoms with E-state index in [0.29, 0.717) is 6.61 Å². The van der Waals surface area contributed by atoms with Crippen LogP contribution in [-0.2, 0) is 6.54 Å². The molecule has 17 heavy (non-hydrogen) atoms. The minimum Gasteiger partial charge on any atom is -0.493 e. The summed E-state index contributed by atoms with van der Waals surface area (Å²) in [7, 11) is 0. The molecule has 0 amide bonds. The summed E-state index contributed by atoms with van der Waals surface area (Å²) in [6.07, 6.45) is 5.75. The lowest BCUT2D eigenvalue weighted by molar-refractivity contribution is 0.320. The second kappa shape index (κ2) is 7.85. The molecule has 0 aliphatic heterocycles. The third-order valence-corrected chi connectivity index (χ3v) is 2.40. The predicted molar refractivity (Wildman–Crippen MR) is 71.3 cm³/mol. The fourth-order valence-corrected chi connectivity index (χ4v) is 1.48. The Labute approximate surface area is 104 Å². The molecule has 1 aromatic rings. The molecule has 1 heterocycles. The average Bonchev–Trinajstić information content (AvgIpc) is 2.32. The van der Waals surface area contributed by atoms with E-state index in [-0.39, 0.29) is 0 Å². The van der Waals surface area contributed by atoms with Crippen molar-refractivity contribution in [3.63, 3.8) is 0 Å². The predicted octanol–water partition coefficient (Wildman–Crippen LogP) is 2.84. The molecule has 0 spiro atoms. The van der Waals surface area contributed by atoms with E-state index in [2.05, 4.69) is 23.8 Å². The Morgan fingerprint density at radius 1 is 1.53 bits per heavy atom. The normalized spacial score (nSPS) is 10.2. The van der Waals surface area contributed by atoms with Gasteiger partial charge in [-0.3, -0.25) is 4.98 Å². The zero-order valence-electron chi connectivity index (χ0n) is 10.8. The summed E-state index contributed by atoms with van der Waals surface area (Å²) in [6, 6.07) is 1.99. The molecule has 1 rings (SSSR count). The van der Waals surface area contributed by atoms with Gasteiger partial charge in [0.2, 0.25) is 0 Å². The van der Waals surface area contributed by atoms with E-state index in [1.165, 1.54) is 0 Å². The standard InChI is InChI=1S/C14H22N2O/c1-4-6-8-17-14-9-12(3)16-11-13(14)10-15-7-5-2/h4,9,11,15H,1,5-8,10H2,2-3H3. The van der Waals surface area contributed by atoms with Crippen LogP contribution >= 0.6 is 0 Å². The highest BCUT2D eigenvalue weighted by atomic mass is 16.5. The molecular weight excluding hydrogens is 212 g/mol. The lowest BCUT2D eigenvalue weighted by Gasteiger charge is -2.11. The Bertz CT molecular complexity index is 350. The van der Waals surface area contributed by atoms with Gasteiger partial charge in [0, 0.05) is 30.1 Å². The van der Waals surface area contributed by atoms with Gasteiger partial charge in [-0.05, 0) is 26.3 Å². The van der Waals surface area contributed by atoms with Crippen molar-refractivity contribution in [2.45, 2.75) is 33.2 Å².